The van der Waals surface area contributed by atoms with Crippen molar-refractivity contribution >= 4 is 17.9 Å². The molecule has 0 aliphatic carbocycles. The predicted molar refractivity (Wildman–Crippen MR) is 126 cm³/mol. The lowest BCUT2D eigenvalue weighted by atomic mass is 9.75. The summed E-state index contributed by atoms with van der Waals surface area (Å²) in [4.78, 5) is 36.2. The van der Waals surface area contributed by atoms with Crippen molar-refractivity contribution in [3.63, 3.8) is 0 Å². The molecule has 2 aliphatic rings. The van der Waals surface area contributed by atoms with Gasteiger partial charge in [0.25, 0.3) is 0 Å². The normalized spacial score (nSPS) is 14.8. The maximum atomic E-state index is 13.1. The zero-order valence-electron chi connectivity index (χ0n) is 20.1. The molecule has 1 spiro atoms. The number of esters is 3. The van der Waals surface area contributed by atoms with E-state index in [9.17, 15) is 14.4 Å². The van der Waals surface area contributed by atoms with Gasteiger partial charge in [-0.2, -0.15) is 0 Å². The van der Waals surface area contributed by atoms with E-state index in [2.05, 4.69) is 20.8 Å². The monoisotopic (exact) mass is 472 g/mol. The van der Waals surface area contributed by atoms with Gasteiger partial charge in [0.2, 0.25) is 0 Å². The Morgan fingerprint density at radius 3 is 1.80 bits per heavy atom. The molecule has 0 fully saturated rings. The van der Waals surface area contributed by atoms with Crippen LogP contribution in [-0.4, -0.2) is 17.9 Å². The van der Waals surface area contributed by atoms with E-state index in [0.29, 0.717) is 45.3 Å². The third-order valence-corrected chi connectivity index (χ3v) is 6.14. The summed E-state index contributed by atoms with van der Waals surface area (Å²) in [5, 5.41) is 0. The van der Waals surface area contributed by atoms with Gasteiger partial charge in [0.15, 0.2) is 5.60 Å². The number of hydrogen-bond donors (Lipinski definition) is 0. The van der Waals surface area contributed by atoms with Gasteiger partial charge in [-0.15, -0.1) is 0 Å². The van der Waals surface area contributed by atoms with Gasteiger partial charge in [0, 0.05) is 42.7 Å². The van der Waals surface area contributed by atoms with Crippen molar-refractivity contribution in [2.75, 3.05) is 0 Å². The van der Waals surface area contributed by atoms with Crippen LogP contribution in [0.4, 0.5) is 0 Å². The average Bonchev–Trinajstić information content (AvgIpc) is 3.04. The topological polar surface area (TPSA) is 88.1 Å². The van der Waals surface area contributed by atoms with Crippen molar-refractivity contribution in [2.24, 2.45) is 0 Å². The first-order valence-electron chi connectivity index (χ1n) is 11.2. The van der Waals surface area contributed by atoms with Crippen molar-refractivity contribution in [3.8, 4) is 23.0 Å². The maximum absolute atomic E-state index is 13.1. The third-order valence-electron chi connectivity index (χ3n) is 6.14. The van der Waals surface area contributed by atoms with Crippen LogP contribution in [0.2, 0.25) is 0 Å². The van der Waals surface area contributed by atoms with Crippen molar-refractivity contribution < 1.29 is 33.3 Å². The van der Waals surface area contributed by atoms with E-state index >= 15 is 0 Å². The third kappa shape index (κ3) is 3.64. The highest BCUT2D eigenvalue weighted by Gasteiger charge is 2.54. The molecule has 7 nitrogen and oxygen atoms in total. The molecule has 0 N–H and O–H groups in total. The van der Waals surface area contributed by atoms with Crippen LogP contribution >= 0.6 is 0 Å². The Labute approximate surface area is 202 Å². The highest BCUT2D eigenvalue weighted by atomic mass is 16.6. The van der Waals surface area contributed by atoms with Crippen LogP contribution in [0, 0.1) is 0 Å². The van der Waals surface area contributed by atoms with Crippen molar-refractivity contribution in [2.45, 2.75) is 45.6 Å². The molecule has 178 valence electrons. The molecule has 2 heterocycles. The largest absolute Gasteiger partial charge is 0.456 e. The SMILES string of the molecule is CC(=O)Oc1ccc2c(c1)Oc1cc(OC(C)=O)ccc1C21OC(=O)c2ccc(C(C)(C)C)cc21. The summed E-state index contributed by atoms with van der Waals surface area (Å²) >= 11 is 0. The fourth-order valence-corrected chi connectivity index (χ4v) is 4.61. The van der Waals surface area contributed by atoms with Gasteiger partial charge < -0.3 is 18.9 Å². The fourth-order valence-electron chi connectivity index (χ4n) is 4.61. The maximum Gasteiger partial charge on any atom is 0.340 e. The molecular weight excluding hydrogens is 448 g/mol. The van der Waals surface area contributed by atoms with Crippen LogP contribution in [0.1, 0.15) is 67.2 Å². The number of rotatable bonds is 2. The Hall–Kier alpha value is -4.13. The molecular formula is C28H24O7. The van der Waals surface area contributed by atoms with E-state index in [1.165, 1.54) is 13.8 Å². The first-order chi connectivity index (χ1) is 16.5. The van der Waals surface area contributed by atoms with E-state index < -0.39 is 23.5 Å². The van der Waals surface area contributed by atoms with Crippen LogP contribution in [0.3, 0.4) is 0 Å². The second-order valence-electron chi connectivity index (χ2n) is 9.69. The molecule has 0 saturated carbocycles. The standard InChI is InChI=1S/C28H24O7/c1-15(29)32-18-7-10-21-24(13-18)34-25-14-19(33-16(2)30)8-11-22(25)28(21)23-12-17(27(3,4)5)6-9-20(23)26(31)35-28/h6-14H,1-5H3. The molecule has 3 aromatic carbocycles. The summed E-state index contributed by atoms with van der Waals surface area (Å²) < 4.78 is 22.9. The van der Waals surface area contributed by atoms with E-state index in [4.69, 9.17) is 18.9 Å². The second kappa shape index (κ2) is 7.70. The molecule has 0 radical (unpaired) electrons. The molecule has 0 bridgehead atoms. The van der Waals surface area contributed by atoms with Crippen LogP contribution in [-0.2, 0) is 25.3 Å². The van der Waals surface area contributed by atoms with Crippen molar-refractivity contribution in [1.29, 1.82) is 0 Å². The smallest absolute Gasteiger partial charge is 0.340 e. The number of ether oxygens (including phenoxy) is 4. The Morgan fingerprint density at radius 1 is 0.771 bits per heavy atom. The van der Waals surface area contributed by atoms with Gasteiger partial charge in [-0.3, -0.25) is 9.59 Å². The average molecular weight is 472 g/mol. The molecule has 3 aromatic rings. The molecule has 0 aromatic heterocycles. The highest BCUT2D eigenvalue weighted by Crippen LogP contribution is 2.57. The number of carbonyl (C=O) groups excluding carboxylic acids is 3. The lowest BCUT2D eigenvalue weighted by Gasteiger charge is -2.37. The number of fused-ring (bicyclic) bond motifs is 6. The molecule has 0 unspecified atom stereocenters. The minimum Gasteiger partial charge on any atom is -0.456 e. The second-order valence-corrected chi connectivity index (χ2v) is 9.69. The molecule has 0 saturated heterocycles. The van der Waals surface area contributed by atoms with E-state index in [-0.39, 0.29) is 5.41 Å². The van der Waals surface area contributed by atoms with Gasteiger partial charge in [0.1, 0.15) is 23.0 Å². The lowest BCUT2D eigenvalue weighted by Crippen LogP contribution is -2.33. The van der Waals surface area contributed by atoms with Gasteiger partial charge in [-0.05, 0) is 47.4 Å². The molecule has 35 heavy (non-hydrogen) atoms. The summed E-state index contributed by atoms with van der Waals surface area (Å²) in [5.74, 6) is -0.0950. The summed E-state index contributed by atoms with van der Waals surface area (Å²) in [6, 6.07) is 15.7. The molecule has 5 rings (SSSR count). The lowest BCUT2D eigenvalue weighted by molar-refractivity contribution is -0.132. The van der Waals surface area contributed by atoms with Gasteiger partial charge in [-0.1, -0.05) is 26.8 Å². The molecule has 0 atom stereocenters. The summed E-state index contributed by atoms with van der Waals surface area (Å²) in [7, 11) is 0. The van der Waals surface area contributed by atoms with Crippen molar-refractivity contribution in [1.82, 2.24) is 0 Å². The summed E-state index contributed by atoms with van der Waals surface area (Å²) in [6.07, 6.45) is 0. The number of hydrogen-bond acceptors (Lipinski definition) is 7. The zero-order valence-corrected chi connectivity index (χ0v) is 20.1. The molecule has 0 amide bonds. The Morgan fingerprint density at radius 2 is 1.31 bits per heavy atom. The highest BCUT2D eigenvalue weighted by molar-refractivity contribution is 5.97. The van der Waals surface area contributed by atoms with Crippen molar-refractivity contribution in [3.05, 3.63) is 82.4 Å². The number of carbonyl (C=O) groups is 3. The Balaban J connectivity index is 1.79. The van der Waals surface area contributed by atoms with Gasteiger partial charge >= 0.3 is 17.9 Å². The van der Waals surface area contributed by atoms with Gasteiger partial charge in [0.05, 0.1) is 5.56 Å². The molecule has 7 heteroatoms. The first kappa shape index (κ1) is 22.7. The van der Waals surface area contributed by atoms with Gasteiger partial charge in [-0.25, -0.2) is 4.79 Å². The van der Waals surface area contributed by atoms with Crippen LogP contribution in [0.25, 0.3) is 0 Å². The van der Waals surface area contributed by atoms with Crippen LogP contribution in [0.5, 0.6) is 23.0 Å². The van der Waals surface area contributed by atoms with E-state index in [1.54, 1.807) is 42.5 Å². The molecule has 2 aliphatic heterocycles. The van der Waals surface area contributed by atoms with Crippen LogP contribution in [0.15, 0.2) is 54.6 Å². The quantitative estimate of drug-likeness (QED) is 0.364. The first-order valence-corrected chi connectivity index (χ1v) is 11.2. The summed E-state index contributed by atoms with van der Waals surface area (Å²) in [5.41, 5.74) is 1.93. The number of benzene rings is 3. The minimum absolute atomic E-state index is 0.170. The van der Waals surface area contributed by atoms with E-state index in [0.717, 1.165) is 5.56 Å². The Bertz CT molecular complexity index is 1350. The van der Waals surface area contributed by atoms with E-state index in [1.807, 2.05) is 12.1 Å². The summed E-state index contributed by atoms with van der Waals surface area (Å²) in [6.45, 7) is 8.92. The predicted octanol–water partition coefficient (Wildman–Crippen LogP) is 5.40. The zero-order chi connectivity index (χ0) is 25.1. The fraction of sp³-hybridized carbons (Fsp3) is 0.250. The Kier molecular flexibility index (Phi) is 4.98. The minimum atomic E-state index is -1.29. The van der Waals surface area contributed by atoms with Crippen LogP contribution < -0.4 is 14.2 Å².